The summed E-state index contributed by atoms with van der Waals surface area (Å²) in [6, 6.07) is 4.15. The number of Topliss-reactive ketones (excluding diaryl/α,β-unsaturated/α-hetero) is 1. The second kappa shape index (κ2) is 4.72. The van der Waals surface area contributed by atoms with Gasteiger partial charge in [-0.3, -0.25) is 9.59 Å². The molecule has 0 aromatic heterocycles. The highest BCUT2D eigenvalue weighted by Gasteiger charge is 2.49. The van der Waals surface area contributed by atoms with Gasteiger partial charge >= 0.3 is 5.97 Å². The van der Waals surface area contributed by atoms with Crippen LogP contribution in [0.2, 0.25) is 0 Å². The SMILES string of the molecule is CC(=O)OC1C(=O)c2c(C)cc(C(C)C)cc2C1(C)C. The molecule has 1 unspecified atom stereocenters. The molecular formula is C17H22O3. The van der Waals surface area contributed by atoms with Crippen LogP contribution in [0.5, 0.6) is 0 Å². The lowest BCUT2D eigenvalue weighted by Gasteiger charge is -2.26. The fourth-order valence-corrected chi connectivity index (χ4v) is 2.95. The summed E-state index contributed by atoms with van der Waals surface area (Å²) in [4.78, 5) is 23.8. The average molecular weight is 274 g/mol. The second-order valence-electron chi connectivity index (χ2n) is 6.49. The third kappa shape index (κ3) is 2.15. The highest BCUT2D eigenvalue weighted by atomic mass is 16.5. The van der Waals surface area contributed by atoms with Crippen LogP contribution in [-0.2, 0) is 14.9 Å². The number of carbonyl (C=O) groups is 2. The zero-order chi connectivity index (χ0) is 15.2. The van der Waals surface area contributed by atoms with E-state index in [1.54, 1.807) is 0 Å². The zero-order valence-electron chi connectivity index (χ0n) is 13.0. The average Bonchev–Trinajstić information content (AvgIpc) is 2.50. The molecule has 1 aromatic rings. The van der Waals surface area contributed by atoms with Crippen molar-refractivity contribution in [2.45, 2.75) is 59.0 Å². The van der Waals surface area contributed by atoms with Crippen molar-refractivity contribution in [3.8, 4) is 0 Å². The number of aryl methyl sites for hydroxylation is 1. The molecule has 0 N–H and O–H groups in total. The summed E-state index contributed by atoms with van der Waals surface area (Å²) in [6.45, 7) is 11.5. The molecular weight excluding hydrogens is 252 g/mol. The van der Waals surface area contributed by atoms with Gasteiger partial charge in [-0.2, -0.15) is 0 Å². The minimum atomic E-state index is -0.712. The minimum absolute atomic E-state index is 0.0759. The van der Waals surface area contributed by atoms with E-state index in [1.165, 1.54) is 12.5 Å². The van der Waals surface area contributed by atoms with E-state index in [0.717, 1.165) is 16.7 Å². The van der Waals surface area contributed by atoms with E-state index in [9.17, 15) is 9.59 Å². The van der Waals surface area contributed by atoms with Crippen LogP contribution in [0.25, 0.3) is 0 Å². The summed E-state index contributed by atoms with van der Waals surface area (Å²) >= 11 is 0. The maximum Gasteiger partial charge on any atom is 0.303 e. The Morgan fingerprint density at radius 2 is 1.90 bits per heavy atom. The first kappa shape index (κ1) is 14.8. The molecule has 20 heavy (non-hydrogen) atoms. The molecule has 0 aliphatic heterocycles. The van der Waals surface area contributed by atoms with Crippen molar-refractivity contribution in [3.63, 3.8) is 0 Å². The van der Waals surface area contributed by atoms with Gasteiger partial charge < -0.3 is 4.74 Å². The van der Waals surface area contributed by atoms with Crippen molar-refractivity contribution >= 4 is 11.8 Å². The predicted octanol–water partition coefficient (Wildman–Crippen LogP) is 3.52. The largest absolute Gasteiger partial charge is 0.453 e. The number of benzene rings is 1. The van der Waals surface area contributed by atoms with E-state index in [1.807, 2.05) is 20.8 Å². The first-order valence-electron chi connectivity index (χ1n) is 7.02. The van der Waals surface area contributed by atoms with Gasteiger partial charge in [-0.05, 0) is 29.5 Å². The van der Waals surface area contributed by atoms with E-state index >= 15 is 0 Å². The van der Waals surface area contributed by atoms with Crippen LogP contribution < -0.4 is 0 Å². The Bertz CT molecular complexity index is 582. The molecule has 0 heterocycles. The topological polar surface area (TPSA) is 43.4 Å². The quantitative estimate of drug-likeness (QED) is 0.775. The smallest absolute Gasteiger partial charge is 0.303 e. The molecule has 1 aromatic carbocycles. The van der Waals surface area contributed by atoms with Gasteiger partial charge in [-0.1, -0.05) is 39.8 Å². The number of ether oxygens (including phenoxy) is 1. The molecule has 3 nitrogen and oxygen atoms in total. The van der Waals surface area contributed by atoms with Gasteiger partial charge in [-0.15, -0.1) is 0 Å². The molecule has 108 valence electrons. The molecule has 0 saturated carbocycles. The molecule has 1 atom stereocenters. The minimum Gasteiger partial charge on any atom is -0.453 e. The second-order valence-corrected chi connectivity index (χ2v) is 6.49. The predicted molar refractivity (Wildman–Crippen MR) is 78.2 cm³/mol. The summed E-state index contributed by atoms with van der Waals surface area (Å²) in [5.41, 5.74) is 3.43. The van der Waals surface area contributed by atoms with Crippen LogP contribution in [0.4, 0.5) is 0 Å². The van der Waals surface area contributed by atoms with Gasteiger partial charge in [0.05, 0.1) is 0 Å². The van der Waals surface area contributed by atoms with E-state index in [-0.39, 0.29) is 5.78 Å². The lowest BCUT2D eigenvalue weighted by Crippen LogP contribution is -2.36. The number of ketones is 1. The molecule has 0 radical (unpaired) electrons. The van der Waals surface area contributed by atoms with Gasteiger partial charge in [0.15, 0.2) is 6.10 Å². The number of rotatable bonds is 2. The van der Waals surface area contributed by atoms with E-state index in [2.05, 4.69) is 26.0 Å². The van der Waals surface area contributed by atoms with Gasteiger partial charge in [0, 0.05) is 17.9 Å². The summed E-state index contributed by atoms with van der Waals surface area (Å²) < 4.78 is 5.29. The Labute approximate surface area is 120 Å². The molecule has 1 aliphatic rings. The van der Waals surface area contributed by atoms with Gasteiger partial charge in [0.2, 0.25) is 5.78 Å². The van der Waals surface area contributed by atoms with Gasteiger partial charge in [0.1, 0.15) is 0 Å². The number of carbonyl (C=O) groups excluding carboxylic acids is 2. The molecule has 3 heteroatoms. The maximum absolute atomic E-state index is 12.6. The van der Waals surface area contributed by atoms with Crippen LogP contribution in [0.15, 0.2) is 12.1 Å². The summed E-state index contributed by atoms with van der Waals surface area (Å²) in [7, 11) is 0. The standard InChI is InChI=1S/C17H22O3/c1-9(2)12-7-10(3)14-13(8-12)17(5,6)16(15(14)19)20-11(4)18/h7-9,16H,1-6H3. The van der Waals surface area contributed by atoms with Crippen molar-refractivity contribution in [2.24, 2.45) is 0 Å². The molecule has 0 fully saturated rings. The maximum atomic E-state index is 12.6. The van der Waals surface area contributed by atoms with Crippen LogP contribution in [0.3, 0.4) is 0 Å². The monoisotopic (exact) mass is 274 g/mol. The van der Waals surface area contributed by atoms with Gasteiger partial charge in [0.25, 0.3) is 0 Å². The van der Waals surface area contributed by atoms with Crippen LogP contribution in [0.1, 0.15) is 67.6 Å². The number of hydrogen-bond acceptors (Lipinski definition) is 3. The Hall–Kier alpha value is -1.64. The normalized spacial score (nSPS) is 20.1. The third-order valence-electron chi connectivity index (χ3n) is 4.14. The van der Waals surface area contributed by atoms with Gasteiger partial charge in [-0.25, -0.2) is 0 Å². The zero-order valence-corrected chi connectivity index (χ0v) is 13.0. The van der Waals surface area contributed by atoms with Crippen molar-refractivity contribution < 1.29 is 14.3 Å². The Kier molecular flexibility index (Phi) is 3.49. The van der Waals surface area contributed by atoms with E-state index in [4.69, 9.17) is 4.74 Å². The highest BCUT2D eigenvalue weighted by molar-refractivity contribution is 6.07. The van der Waals surface area contributed by atoms with Crippen molar-refractivity contribution in [1.29, 1.82) is 0 Å². The summed E-state index contributed by atoms with van der Waals surface area (Å²) in [5, 5.41) is 0. The first-order valence-corrected chi connectivity index (χ1v) is 7.02. The lowest BCUT2D eigenvalue weighted by atomic mass is 9.82. The highest BCUT2D eigenvalue weighted by Crippen LogP contribution is 2.43. The lowest BCUT2D eigenvalue weighted by molar-refractivity contribution is -0.146. The Morgan fingerprint density at radius 1 is 1.30 bits per heavy atom. The van der Waals surface area contributed by atoms with Crippen molar-refractivity contribution in [3.05, 3.63) is 34.4 Å². The van der Waals surface area contributed by atoms with Crippen LogP contribution >= 0.6 is 0 Å². The number of fused-ring (bicyclic) bond motifs is 1. The molecule has 0 saturated heterocycles. The molecule has 0 spiro atoms. The number of hydrogen-bond donors (Lipinski definition) is 0. The summed E-state index contributed by atoms with van der Waals surface area (Å²) in [6.07, 6.45) is -0.712. The Morgan fingerprint density at radius 3 is 2.40 bits per heavy atom. The van der Waals surface area contributed by atoms with Crippen molar-refractivity contribution in [1.82, 2.24) is 0 Å². The van der Waals surface area contributed by atoms with Crippen LogP contribution in [0, 0.1) is 6.92 Å². The summed E-state index contributed by atoms with van der Waals surface area (Å²) in [5.74, 6) is -0.0864. The first-order chi connectivity index (χ1) is 9.16. The fourth-order valence-electron chi connectivity index (χ4n) is 2.95. The fraction of sp³-hybridized carbons (Fsp3) is 0.529. The van der Waals surface area contributed by atoms with E-state index in [0.29, 0.717) is 5.92 Å². The molecule has 0 amide bonds. The van der Waals surface area contributed by atoms with Crippen molar-refractivity contribution in [2.75, 3.05) is 0 Å². The molecule has 0 bridgehead atoms. The van der Waals surface area contributed by atoms with E-state index < -0.39 is 17.5 Å². The van der Waals surface area contributed by atoms with Crippen LogP contribution in [-0.4, -0.2) is 17.9 Å². The molecule has 2 rings (SSSR count). The third-order valence-corrected chi connectivity index (χ3v) is 4.14. The molecule has 1 aliphatic carbocycles. The number of esters is 1. The Balaban J connectivity index is 2.61.